The third-order valence-electron chi connectivity index (χ3n) is 4.55. The van der Waals surface area contributed by atoms with E-state index >= 15 is 0 Å². The van der Waals surface area contributed by atoms with Gasteiger partial charge in [0.1, 0.15) is 12.1 Å². The zero-order valence-electron chi connectivity index (χ0n) is 17.1. The van der Waals surface area contributed by atoms with Crippen molar-refractivity contribution in [3.8, 4) is 11.5 Å². The van der Waals surface area contributed by atoms with Crippen molar-refractivity contribution in [1.82, 2.24) is 19.8 Å². The minimum atomic E-state index is -4.75. The van der Waals surface area contributed by atoms with Gasteiger partial charge in [-0.15, -0.1) is 0 Å². The molecule has 0 unspecified atom stereocenters. The summed E-state index contributed by atoms with van der Waals surface area (Å²) in [5.74, 6) is -2.14. The molecule has 13 heteroatoms. The second kappa shape index (κ2) is 8.98. The zero-order chi connectivity index (χ0) is 23.6. The molecule has 32 heavy (non-hydrogen) atoms. The van der Waals surface area contributed by atoms with Crippen LogP contribution in [0.15, 0.2) is 39.5 Å². The molecule has 0 atom stereocenters. The molecular formula is C19H20F4N4O4S. The van der Waals surface area contributed by atoms with Crippen LogP contribution in [-0.4, -0.2) is 35.8 Å². The number of nitrogens with zero attached hydrogens (tertiary/aromatic N) is 3. The average Bonchev–Trinajstić information content (AvgIpc) is 3.37. The van der Waals surface area contributed by atoms with Crippen LogP contribution in [0.3, 0.4) is 0 Å². The molecule has 0 aliphatic rings. The summed E-state index contributed by atoms with van der Waals surface area (Å²) in [6.45, 7) is 3.53. The Morgan fingerprint density at radius 2 is 1.78 bits per heavy atom. The molecule has 0 aliphatic carbocycles. The first-order valence-electron chi connectivity index (χ1n) is 9.45. The summed E-state index contributed by atoms with van der Waals surface area (Å²) in [5, 5.41) is 3.20. The SMILES string of the molecule is CC(C)(CNS(=O)(=O)CCCc1noc(C(F)(F)F)n1)c1coc(-c2ccc(F)cc2)n1. The average molecular weight is 476 g/mol. The zero-order valence-corrected chi connectivity index (χ0v) is 17.9. The maximum atomic E-state index is 13.1. The van der Waals surface area contributed by atoms with E-state index in [4.69, 9.17) is 4.42 Å². The van der Waals surface area contributed by atoms with Crippen molar-refractivity contribution in [2.45, 2.75) is 38.3 Å². The Hall–Kier alpha value is -2.80. The molecule has 1 aromatic carbocycles. The van der Waals surface area contributed by atoms with Crippen molar-refractivity contribution in [2.24, 2.45) is 0 Å². The monoisotopic (exact) mass is 476 g/mol. The summed E-state index contributed by atoms with van der Waals surface area (Å²) >= 11 is 0. The Morgan fingerprint density at radius 3 is 2.41 bits per heavy atom. The van der Waals surface area contributed by atoms with E-state index in [-0.39, 0.29) is 36.9 Å². The lowest BCUT2D eigenvalue weighted by Crippen LogP contribution is -2.38. The van der Waals surface area contributed by atoms with E-state index in [0.29, 0.717) is 11.3 Å². The van der Waals surface area contributed by atoms with Crippen LogP contribution in [0, 0.1) is 5.82 Å². The lowest BCUT2D eigenvalue weighted by Gasteiger charge is -2.22. The Morgan fingerprint density at radius 1 is 1.09 bits per heavy atom. The highest BCUT2D eigenvalue weighted by Gasteiger charge is 2.38. The van der Waals surface area contributed by atoms with Gasteiger partial charge in [0.25, 0.3) is 0 Å². The van der Waals surface area contributed by atoms with Crippen LogP contribution in [0.1, 0.15) is 37.7 Å². The summed E-state index contributed by atoms with van der Waals surface area (Å²) in [7, 11) is -3.72. The first-order valence-corrected chi connectivity index (χ1v) is 11.1. The van der Waals surface area contributed by atoms with Crippen LogP contribution >= 0.6 is 0 Å². The van der Waals surface area contributed by atoms with Gasteiger partial charge in [-0.2, -0.15) is 18.2 Å². The fourth-order valence-electron chi connectivity index (χ4n) is 2.65. The van der Waals surface area contributed by atoms with Crippen LogP contribution in [-0.2, 0) is 28.0 Å². The molecule has 2 aromatic heterocycles. The molecule has 8 nitrogen and oxygen atoms in total. The van der Waals surface area contributed by atoms with Gasteiger partial charge in [-0.25, -0.2) is 22.5 Å². The second-order valence-electron chi connectivity index (χ2n) is 7.69. The molecular weight excluding hydrogens is 456 g/mol. The fraction of sp³-hybridized carbons (Fsp3) is 0.421. The molecule has 3 aromatic rings. The molecule has 0 radical (unpaired) electrons. The van der Waals surface area contributed by atoms with E-state index in [1.807, 2.05) is 0 Å². The molecule has 0 saturated carbocycles. The minimum Gasteiger partial charge on any atom is -0.444 e. The van der Waals surface area contributed by atoms with Crippen molar-refractivity contribution < 1.29 is 34.9 Å². The van der Waals surface area contributed by atoms with Crippen LogP contribution < -0.4 is 4.72 Å². The van der Waals surface area contributed by atoms with Gasteiger partial charge >= 0.3 is 12.1 Å². The number of sulfonamides is 1. The number of benzene rings is 1. The van der Waals surface area contributed by atoms with Crippen molar-refractivity contribution in [3.05, 3.63) is 53.8 Å². The van der Waals surface area contributed by atoms with Gasteiger partial charge in [0, 0.05) is 23.9 Å². The molecule has 3 rings (SSSR count). The quantitative estimate of drug-likeness (QED) is 0.469. The highest BCUT2D eigenvalue weighted by Crippen LogP contribution is 2.28. The third kappa shape index (κ3) is 6.13. The van der Waals surface area contributed by atoms with Crippen molar-refractivity contribution in [1.29, 1.82) is 0 Å². The third-order valence-corrected chi connectivity index (χ3v) is 5.96. The molecule has 0 aliphatic heterocycles. The first kappa shape index (κ1) is 23.9. The number of alkyl halides is 3. The number of aromatic nitrogens is 3. The van der Waals surface area contributed by atoms with E-state index < -0.39 is 33.3 Å². The molecule has 174 valence electrons. The maximum Gasteiger partial charge on any atom is 0.471 e. The molecule has 1 N–H and O–H groups in total. The van der Waals surface area contributed by atoms with E-state index in [1.54, 1.807) is 13.8 Å². The smallest absolute Gasteiger partial charge is 0.444 e. The maximum absolute atomic E-state index is 13.1. The largest absolute Gasteiger partial charge is 0.471 e. The molecule has 0 bridgehead atoms. The molecule has 2 heterocycles. The highest BCUT2D eigenvalue weighted by atomic mass is 32.2. The van der Waals surface area contributed by atoms with Gasteiger partial charge < -0.3 is 8.94 Å². The number of hydrogen-bond acceptors (Lipinski definition) is 7. The predicted octanol–water partition coefficient (Wildman–Crippen LogP) is 3.71. The number of oxazole rings is 1. The number of hydrogen-bond donors (Lipinski definition) is 1. The van der Waals surface area contributed by atoms with E-state index in [2.05, 4.69) is 24.4 Å². The van der Waals surface area contributed by atoms with Crippen LogP contribution in [0.25, 0.3) is 11.5 Å². The van der Waals surface area contributed by atoms with Gasteiger partial charge in [-0.1, -0.05) is 19.0 Å². The summed E-state index contributed by atoms with van der Waals surface area (Å²) < 4.78 is 87.0. The van der Waals surface area contributed by atoms with Crippen molar-refractivity contribution >= 4 is 10.0 Å². The molecule has 0 amide bonds. The topological polar surface area (TPSA) is 111 Å². The molecule has 0 saturated heterocycles. The van der Waals surface area contributed by atoms with Crippen LogP contribution in [0.5, 0.6) is 0 Å². The number of nitrogens with one attached hydrogen (secondary N) is 1. The summed E-state index contributed by atoms with van der Waals surface area (Å²) in [5.41, 5.74) is 0.333. The first-order chi connectivity index (χ1) is 14.9. The lowest BCUT2D eigenvalue weighted by atomic mass is 9.90. The van der Waals surface area contributed by atoms with Gasteiger partial charge in [0.15, 0.2) is 5.82 Å². The summed E-state index contributed by atoms with van der Waals surface area (Å²) in [4.78, 5) is 7.56. The number of aryl methyl sites for hydroxylation is 1. The van der Waals surface area contributed by atoms with Gasteiger partial charge in [-0.05, 0) is 30.7 Å². The molecule has 0 fully saturated rings. The van der Waals surface area contributed by atoms with Crippen molar-refractivity contribution in [2.75, 3.05) is 12.3 Å². The van der Waals surface area contributed by atoms with Gasteiger partial charge in [-0.3, -0.25) is 0 Å². The lowest BCUT2D eigenvalue weighted by molar-refractivity contribution is -0.159. The summed E-state index contributed by atoms with van der Waals surface area (Å²) in [6.07, 6.45) is -3.43. The Bertz CT molecular complexity index is 1150. The Kier molecular flexibility index (Phi) is 6.69. The standard InChI is InChI=1S/C19H20F4N4O4S/c1-18(2,14-10-30-16(25-14)12-5-7-13(20)8-6-12)11-24-32(28,29)9-3-4-15-26-17(31-27-15)19(21,22)23/h5-8,10,24H,3-4,9,11H2,1-2H3. The number of rotatable bonds is 9. The minimum absolute atomic E-state index is 0.00512. The van der Waals surface area contributed by atoms with Gasteiger partial charge in [0.05, 0.1) is 11.4 Å². The highest BCUT2D eigenvalue weighted by molar-refractivity contribution is 7.89. The molecule has 0 spiro atoms. The fourth-order valence-corrected chi connectivity index (χ4v) is 3.90. The van der Waals surface area contributed by atoms with E-state index in [9.17, 15) is 26.0 Å². The normalized spacial score (nSPS) is 12.9. The predicted molar refractivity (Wildman–Crippen MR) is 104 cm³/mol. The van der Waals surface area contributed by atoms with E-state index in [1.165, 1.54) is 30.5 Å². The summed E-state index contributed by atoms with van der Waals surface area (Å²) in [6, 6.07) is 5.58. The Balaban J connectivity index is 1.54. The number of halogens is 4. The van der Waals surface area contributed by atoms with Crippen LogP contribution in [0.4, 0.5) is 17.6 Å². The van der Waals surface area contributed by atoms with Crippen LogP contribution in [0.2, 0.25) is 0 Å². The Labute approximate surface area is 181 Å². The van der Waals surface area contributed by atoms with Crippen molar-refractivity contribution in [3.63, 3.8) is 0 Å². The second-order valence-corrected chi connectivity index (χ2v) is 9.61. The van der Waals surface area contributed by atoms with E-state index in [0.717, 1.165) is 0 Å². The van der Waals surface area contributed by atoms with Gasteiger partial charge in [0.2, 0.25) is 15.9 Å².